The molecule has 1 amide bonds. The van der Waals surface area contributed by atoms with Crippen LogP contribution in [0.5, 0.6) is 0 Å². The van der Waals surface area contributed by atoms with Gasteiger partial charge in [-0.1, -0.05) is 12.1 Å². The molecule has 0 radical (unpaired) electrons. The Morgan fingerprint density at radius 2 is 1.82 bits per heavy atom. The van der Waals surface area contributed by atoms with Crippen LogP contribution in [-0.2, 0) is 4.79 Å². The maximum atomic E-state index is 11.9. The van der Waals surface area contributed by atoms with E-state index in [1.807, 2.05) is 26.0 Å². The highest BCUT2D eigenvalue weighted by Gasteiger charge is 2.37. The van der Waals surface area contributed by atoms with Gasteiger partial charge in [-0.15, -0.1) is 0 Å². The molecule has 0 atom stereocenters. The van der Waals surface area contributed by atoms with E-state index in [1.54, 1.807) is 4.90 Å². The van der Waals surface area contributed by atoms with Gasteiger partial charge in [-0.3, -0.25) is 9.59 Å². The van der Waals surface area contributed by atoms with Crippen LogP contribution in [0.25, 0.3) is 0 Å². The molecule has 1 aromatic carbocycles. The van der Waals surface area contributed by atoms with E-state index >= 15 is 0 Å². The van der Waals surface area contributed by atoms with Gasteiger partial charge in [0.2, 0.25) is 0 Å². The lowest BCUT2D eigenvalue weighted by molar-refractivity contribution is -0.114. The zero-order valence-corrected chi connectivity index (χ0v) is 10.1. The lowest BCUT2D eigenvalue weighted by Crippen LogP contribution is -2.32. The van der Waals surface area contributed by atoms with Gasteiger partial charge >= 0.3 is 0 Å². The normalized spacial score (nSPS) is 14.4. The fraction of sp³-hybridized carbons (Fsp3) is 0.385. The quantitative estimate of drug-likeness (QED) is 0.796. The molecule has 0 unspecified atom stereocenters. The molecule has 17 heavy (non-hydrogen) atoms. The van der Waals surface area contributed by atoms with Crippen molar-refractivity contribution < 1.29 is 9.59 Å². The van der Waals surface area contributed by atoms with Crippen molar-refractivity contribution in [1.29, 1.82) is 0 Å². The minimum absolute atomic E-state index is 0.391. The molecule has 90 valence electrons. The Balaban J connectivity index is 2.52. The third-order valence-corrected chi connectivity index (χ3v) is 3.11. The number of nitrogens with zero attached hydrogens (tertiary/aromatic N) is 1. The number of rotatable bonds is 3. The van der Waals surface area contributed by atoms with E-state index in [9.17, 15) is 9.59 Å². The Morgan fingerprint density at radius 3 is 2.47 bits per heavy atom. The third-order valence-electron chi connectivity index (χ3n) is 3.11. The number of amides is 1. The molecule has 0 spiro atoms. The van der Waals surface area contributed by atoms with Gasteiger partial charge < -0.3 is 10.6 Å². The smallest absolute Gasteiger partial charge is 0.299 e. The molecule has 1 aromatic rings. The number of fused-ring (bicyclic) bond motifs is 1. The minimum atomic E-state index is -0.425. The predicted molar refractivity (Wildman–Crippen MR) is 66.3 cm³/mol. The van der Waals surface area contributed by atoms with Gasteiger partial charge in [0.1, 0.15) is 0 Å². The molecule has 1 heterocycles. The first kappa shape index (κ1) is 11.8. The van der Waals surface area contributed by atoms with Crippen LogP contribution in [0, 0.1) is 13.8 Å². The number of hydrogen-bond acceptors (Lipinski definition) is 3. The van der Waals surface area contributed by atoms with E-state index in [-0.39, 0.29) is 0 Å². The lowest BCUT2D eigenvalue weighted by atomic mass is 10.0. The van der Waals surface area contributed by atoms with Crippen molar-refractivity contribution in [3.63, 3.8) is 0 Å². The van der Waals surface area contributed by atoms with Crippen molar-refractivity contribution in [3.8, 4) is 0 Å². The summed E-state index contributed by atoms with van der Waals surface area (Å²) < 4.78 is 0. The fourth-order valence-corrected chi connectivity index (χ4v) is 2.22. The van der Waals surface area contributed by atoms with Gasteiger partial charge in [0, 0.05) is 6.54 Å². The van der Waals surface area contributed by atoms with E-state index in [0.717, 1.165) is 16.8 Å². The van der Waals surface area contributed by atoms with Gasteiger partial charge in [-0.25, -0.2) is 0 Å². The molecule has 1 aliphatic rings. The number of carbonyl (C=O) groups is 2. The summed E-state index contributed by atoms with van der Waals surface area (Å²) in [4.78, 5) is 25.4. The van der Waals surface area contributed by atoms with Gasteiger partial charge in [-0.2, -0.15) is 0 Å². The van der Waals surface area contributed by atoms with Crippen LogP contribution in [0.4, 0.5) is 5.69 Å². The van der Waals surface area contributed by atoms with Crippen LogP contribution in [0.3, 0.4) is 0 Å². The average molecular weight is 232 g/mol. The summed E-state index contributed by atoms with van der Waals surface area (Å²) in [7, 11) is 0. The summed E-state index contributed by atoms with van der Waals surface area (Å²) in [5.74, 6) is -0.816. The van der Waals surface area contributed by atoms with E-state index in [2.05, 4.69) is 0 Å². The Bertz CT molecular complexity index is 494. The molecule has 0 saturated heterocycles. The molecular weight excluding hydrogens is 216 g/mol. The van der Waals surface area contributed by atoms with Gasteiger partial charge in [0.05, 0.1) is 11.3 Å². The monoisotopic (exact) mass is 232 g/mol. The van der Waals surface area contributed by atoms with E-state index in [0.29, 0.717) is 25.1 Å². The van der Waals surface area contributed by atoms with E-state index < -0.39 is 11.7 Å². The standard InChI is InChI=1S/C13H16N2O2/c1-8-4-5-9(2)11-10(8)12(16)13(17)15(11)7-3-6-14/h4-5H,3,6-7,14H2,1-2H3. The Hall–Kier alpha value is -1.68. The maximum Gasteiger partial charge on any atom is 0.299 e. The largest absolute Gasteiger partial charge is 0.330 e. The minimum Gasteiger partial charge on any atom is -0.330 e. The van der Waals surface area contributed by atoms with Crippen molar-refractivity contribution in [1.82, 2.24) is 0 Å². The zero-order chi connectivity index (χ0) is 12.6. The molecular formula is C13H16N2O2. The number of anilines is 1. The van der Waals surface area contributed by atoms with Crippen LogP contribution < -0.4 is 10.6 Å². The van der Waals surface area contributed by atoms with Crippen molar-refractivity contribution >= 4 is 17.4 Å². The van der Waals surface area contributed by atoms with Crippen molar-refractivity contribution in [2.24, 2.45) is 5.73 Å². The molecule has 4 nitrogen and oxygen atoms in total. The molecule has 0 aromatic heterocycles. The fourth-order valence-electron chi connectivity index (χ4n) is 2.22. The molecule has 2 N–H and O–H groups in total. The summed E-state index contributed by atoms with van der Waals surface area (Å²) in [6.45, 7) is 4.80. The van der Waals surface area contributed by atoms with Crippen LogP contribution >= 0.6 is 0 Å². The number of Topliss-reactive ketones (excluding diaryl/α,β-unsaturated/α-hetero) is 1. The first-order valence-corrected chi connectivity index (χ1v) is 5.74. The number of benzene rings is 1. The first-order valence-electron chi connectivity index (χ1n) is 5.74. The number of nitrogens with two attached hydrogens (primary N) is 1. The molecule has 0 bridgehead atoms. The van der Waals surface area contributed by atoms with Gasteiger partial charge in [-0.05, 0) is 37.9 Å². The number of aryl methyl sites for hydroxylation is 2. The van der Waals surface area contributed by atoms with Crippen LogP contribution in [0.2, 0.25) is 0 Å². The van der Waals surface area contributed by atoms with Crippen LogP contribution in [-0.4, -0.2) is 24.8 Å². The summed E-state index contributed by atoms with van der Waals surface area (Å²) in [6.07, 6.45) is 0.700. The summed E-state index contributed by atoms with van der Waals surface area (Å²) in [5, 5.41) is 0. The van der Waals surface area contributed by atoms with E-state index in [4.69, 9.17) is 5.73 Å². The lowest BCUT2D eigenvalue weighted by Gasteiger charge is -2.18. The first-order chi connectivity index (χ1) is 8.07. The second-order valence-corrected chi connectivity index (χ2v) is 4.35. The highest BCUT2D eigenvalue weighted by atomic mass is 16.2. The Kier molecular flexibility index (Phi) is 2.98. The maximum absolute atomic E-state index is 11.9. The van der Waals surface area contributed by atoms with Crippen molar-refractivity contribution in [2.75, 3.05) is 18.0 Å². The predicted octanol–water partition coefficient (Wildman–Crippen LogP) is 1.18. The molecule has 0 saturated carbocycles. The highest BCUT2D eigenvalue weighted by Crippen LogP contribution is 2.34. The second kappa shape index (κ2) is 4.30. The number of carbonyl (C=O) groups excluding carboxylic acids is 2. The average Bonchev–Trinajstić information content (AvgIpc) is 2.56. The summed E-state index contributed by atoms with van der Waals surface area (Å²) in [5.41, 5.74) is 8.61. The Morgan fingerprint density at radius 1 is 1.18 bits per heavy atom. The number of hydrogen-bond donors (Lipinski definition) is 1. The molecule has 4 heteroatoms. The molecule has 1 aliphatic heterocycles. The number of ketones is 1. The summed E-state index contributed by atoms with van der Waals surface area (Å²) in [6, 6.07) is 3.82. The SMILES string of the molecule is Cc1ccc(C)c2c1C(=O)C(=O)N2CCCN. The second-order valence-electron chi connectivity index (χ2n) is 4.35. The topological polar surface area (TPSA) is 63.4 Å². The van der Waals surface area contributed by atoms with Gasteiger partial charge in [0.15, 0.2) is 0 Å². The third kappa shape index (κ3) is 1.74. The van der Waals surface area contributed by atoms with Crippen molar-refractivity contribution in [2.45, 2.75) is 20.3 Å². The Labute approximate surface area is 100 Å². The molecule has 2 rings (SSSR count). The zero-order valence-electron chi connectivity index (χ0n) is 10.1. The van der Waals surface area contributed by atoms with Gasteiger partial charge in [0.25, 0.3) is 11.7 Å². The van der Waals surface area contributed by atoms with Crippen molar-refractivity contribution in [3.05, 3.63) is 28.8 Å². The highest BCUT2D eigenvalue weighted by molar-refractivity contribution is 6.52. The van der Waals surface area contributed by atoms with Crippen LogP contribution in [0.1, 0.15) is 27.9 Å². The molecule has 0 fully saturated rings. The van der Waals surface area contributed by atoms with Crippen LogP contribution in [0.15, 0.2) is 12.1 Å². The summed E-state index contributed by atoms with van der Waals surface area (Å²) >= 11 is 0. The van der Waals surface area contributed by atoms with E-state index in [1.165, 1.54) is 0 Å². The molecule has 0 aliphatic carbocycles.